The van der Waals surface area contributed by atoms with Gasteiger partial charge >= 0.3 is 0 Å². The predicted octanol–water partition coefficient (Wildman–Crippen LogP) is 2.80. The number of aromatic hydroxyl groups is 2. The standard InChI is InChI=1S/C22H30O7/c1-27-19-10-14(6-9-18(19)25)4-7-16(23)13-17(24)8-5-15-11-20(28-2)22(26)21(12-15)29-3/h6,9-12,16-17,23-26H,4-5,7-8,13H2,1-3H3/t16-,17+/m0/s1. The molecule has 2 atom stereocenters. The molecule has 4 N–H and O–H groups in total. The Morgan fingerprint density at radius 3 is 1.72 bits per heavy atom. The van der Waals surface area contributed by atoms with Crippen molar-refractivity contribution >= 4 is 0 Å². The molecule has 0 spiro atoms. The molecule has 2 aromatic carbocycles. The molecular formula is C22H30O7. The lowest BCUT2D eigenvalue weighted by molar-refractivity contribution is 0.0714. The normalized spacial score (nSPS) is 13.0. The van der Waals surface area contributed by atoms with Gasteiger partial charge in [0.1, 0.15) is 0 Å². The minimum atomic E-state index is -0.662. The maximum absolute atomic E-state index is 10.3. The van der Waals surface area contributed by atoms with Crippen LogP contribution in [0.2, 0.25) is 0 Å². The SMILES string of the molecule is COc1cc(CC[C@H](O)C[C@H](O)CCc2cc(OC)c(O)c(OC)c2)ccc1O. The van der Waals surface area contributed by atoms with Crippen LogP contribution in [0.1, 0.15) is 30.4 Å². The number of aliphatic hydroxyl groups excluding tert-OH is 2. The Morgan fingerprint density at radius 1 is 0.724 bits per heavy atom. The van der Waals surface area contributed by atoms with E-state index in [2.05, 4.69) is 0 Å². The third-order valence-corrected chi connectivity index (χ3v) is 4.86. The summed E-state index contributed by atoms with van der Waals surface area (Å²) in [4.78, 5) is 0. The number of aliphatic hydroxyl groups is 2. The van der Waals surface area contributed by atoms with Crippen molar-refractivity contribution in [2.45, 2.75) is 44.3 Å². The fourth-order valence-corrected chi connectivity index (χ4v) is 3.19. The van der Waals surface area contributed by atoms with E-state index >= 15 is 0 Å². The molecule has 0 aliphatic heterocycles. The molecule has 0 saturated heterocycles. The van der Waals surface area contributed by atoms with Crippen molar-refractivity contribution in [1.82, 2.24) is 0 Å². The Balaban J connectivity index is 1.83. The highest BCUT2D eigenvalue weighted by Crippen LogP contribution is 2.37. The summed E-state index contributed by atoms with van der Waals surface area (Å²) in [5, 5.41) is 40.1. The van der Waals surface area contributed by atoms with E-state index in [1.807, 2.05) is 0 Å². The molecule has 0 unspecified atom stereocenters. The van der Waals surface area contributed by atoms with Crippen LogP contribution in [-0.4, -0.2) is 54.0 Å². The largest absolute Gasteiger partial charge is 0.504 e. The van der Waals surface area contributed by atoms with Crippen LogP contribution in [0.5, 0.6) is 28.7 Å². The van der Waals surface area contributed by atoms with Gasteiger partial charge in [0.05, 0.1) is 33.5 Å². The Labute approximate surface area is 171 Å². The van der Waals surface area contributed by atoms with Gasteiger partial charge in [0.2, 0.25) is 5.75 Å². The van der Waals surface area contributed by atoms with Crippen LogP contribution < -0.4 is 14.2 Å². The summed E-state index contributed by atoms with van der Waals surface area (Å²) in [5.41, 5.74) is 1.80. The molecule has 160 valence electrons. The molecule has 7 nitrogen and oxygen atoms in total. The van der Waals surface area contributed by atoms with Crippen LogP contribution in [0.3, 0.4) is 0 Å². The first kappa shape index (κ1) is 22.6. The molecule has 7 heteroatoms. The lowest BCUT2D eigenvalue weighted by Gasteiger charge is -2.17. The average Bonchev–Trinajstić information content (AvgIpc) is 2.72. The van der Waals surface area contributed by atoms with Crippen molar-refractivity contribution in [1.29, 1.82) is 0 Å². The van der Waals surface area contributed by atoms with E-state index in [0.29, 0.717) is 42.9 Å². The zero-order valence-electron chi connectivity index (χ0n) is 17.1. The summed E-state index contributed by atoms with van der Waals surface area (Å²) in [7, 11) is 4.42. The van der Waals surface area contributed by atoms with Crippen molar-refractivity contribution in [3.63, 3.8) is 0 Å². The molecule has 0 heterocycles. The molecule has 0 aliphatic rings. The maximum Gasteiger partial charge on any atom is 0.200 e. The number of rotatable bonds is 11. The van der Waals surface area contributed by atoms with E-state index in [4.69, 9.17) is 14.2 Å². The summed E-state index contributed by atoms with van der Waals surface area (Å²) >= 11 is 0. The molecule has 0 bridgehead atoms. The minimum absolute atomic E-state index is 0.0550. The molecule has 2 aromatic rings. The van der Waals surface area contributed by atoms with E-state index < -0.39 is 12.2 Å². The topological polar surface area (TPSA) is 109 Å². The fraction of sp³-hybridized carbons (Fsp3) is 0.455. The lowest BCUT2D eigenvalue weighted by Crippen LogP contribution is -2.19. The van der Waals surface area contributed by atoms with Crippen molar-refractivity contribution in [2.75, 3.05) is 21.3 Å². The number of hydrogen-bond acceptors (Lipinski definition) is 7. The monoisotopic (exact) mass is 406 g/mol. The van der Waals surface area contributed by atoms with E-state index in [1.54, 1.807) is 30.3 Å². The first-order chi connectivity index (χ1) is 13.9. The van der Waals surface area contributed by atoms with Gasteiger partial charge in [-0.15, -0.1) is 0 Å². The van der Waals surface area contributed by atoms with E-state index in [0.717, 1.165) is 11.1 Å². The number of phenols is 2. The van der Waals surface area contributed by atoms with Gasteiger partial charge in [0.25, 0.3) is 0 Å². The second-order valence-electron chi connectivity index (χ2n) is 6.98. The fourth-order valence-electron chi connectivity index (χ4n) is 3.19. The van der Waals surface area contributed by atoms with E-state index in [1.165, 1.54) is 21.3 Å². The summed E-state index contributed by atoms with van der Waals surface area (Å²) in [6, 6.07) is 8.50. The maximum atomic E-state index is 10.3. The highest BCUT2D eigenvalue weighted by Gasteiger charge is 2.15. The number of aryl methyl sites for hydroxylation is 2. The Kier molecular flexibility index (Phi) is 8.42. The molecule has 0 saturated carbocycles. The quantitative estimate of drug-likeness (QED) is 0.454. The third kappa shape index (κ3) is 6.44. The number of ether oxygens (including phenoxy) is 3. The molecule has 0 aromatic heterocycles. The highest BCUT2D eigenvalue weighted by molar-refractivity contribution is 5.52. The van der Waals surface area contributed by atoms with E-state index in [-0.39, 0.29) is 17.9 Å². The Bertz CT molecular complexity index is 766. The summed E-state index contributed by atoms with van der Waals surface area (Å²) in [6.07, 6.45) is 1.07. The van der Waals surface area contributed by atoms with Crippen molar-refractivity contribution in [3.8, 4) is 28.7 Å². The molecule has 0 fully saturated rings. The second-order valence-corrected chi connectivity index (χ2v) is 6.98. The van der Waals surface area contributed by atoms with Crippen LogP contribution in [-0.2, 0) is 12.8 Å². The molecule has 0 amide bonds. The molecule has 29 heavy (non-hydrogen) atoms. The van der Waals surface area contributed by atoms with Gasteiger partial charge in [-0.2, -0.15) is 0 Å². The number of methoxy groups -OCH3 is 3. The van der Waals surface area contributed by atoms with Gasteiger partial charge in [0.15, 0.2) is 23.0 Å². The summed E-state index contributed by atoms with van der Waals surface area (Å²) < 4.78 is 15.4. The van der Waals surface area contributed by atoms with Gasteiger partial charge in [-0.25, -0.2) is 0 Å². The summed E-state index contributed by atoms with van der Waals surface area (Å²) in [5.74, 6) is 1.06. The average molecular weight is 406 g/mol. The van der Waals surface area contributed by atoms with Gasteiger partial charge in [-0.05, 0) is 67.5 Å². The van der Waals surface area contributed by atoms with Gasteiger partial charge in [-0.1, -0.05) is 6.07 Å². The predicted molar refractivity (Wildman–Crippen MR) is 109 cm³/mol. The zero-order chi connectivity index (χ0) is 21.4. The Hall–Kier alpha value is -2.64. The van der Waals surface area contributed by atoms with Crippen molar-refractivity contribution in [3.05, 3.63) is 41.5 Å². The van der Waals surface area contributed by atoms with Gasteiger partial charge < -0.3 is 34.6 Å². The van der Waals surface area contributed by atoms with Crippen LogP contribution >= 0.6 is 0 Å². The number of benzene rings is 2. The van der Waals surface area contributed by atoms with Crippen LogP contribution in [0, 0.1) is 0 Å². The summed E-state index contributed by atoms with van der Waals surface area (Å²) in [6.45, 7) is 0. The minimum Gasteiger partial charge on any atom is -0.504 e. The van der Waals surface area contributed by atoms with Crippen LogP contribution in [0.25, 0.3) is 0 Å². The number of hydrogen-bond donors (Lipinski definition) is 4. The molecule has 0 radical (unpaired) electrons. The number of phenolic OH excluding ortho intramolecular Hbond substituents is 2. The highest BCUT2D eigenvalue weighted by atomic mass is 16.5. The van der Waals surface area contributed by atoms with Crippen molar-refractivity contribution < 1.29 is 34.6 Å². The van der Waals surface area contributed by atoms with Crippen molar-refractivity contribution in [2.24, 2.45) is 0 Å². The first-order valence-corrected chi connectivity index (χ1v) is 9.53. The van der Waals surface area contributed by atoms with Gasteiger partial charge in [-0.3, -0.25) is 0 Å². The second kappa shape index (κ2) is 10.8. The van der Waals surface area contributed by atoms with Gasteiger partial charge in [0, 0.05) is 0 Å². The molecule has 2 rings (SSSR count). The van der Waals surface area contributed by atoms with E-state index in [9.17, 15) is 20.4 Å². The Morgan fingerprint density at radius 2 is 1.21 bits per heavy atom. The third-order valence-electron chi connectivity index (χ3n) is 4.86. The smallest absolute Gasteiger partial charge is 0.200 e. The van der Waals surface area contributed by atoms with Crippen LogP contribution in [0.15, 0.2) is 30.3 Å². The lowest BCUT2D eigenvalue weighted by atomic mass is 9.98. The molecular weight excluding hydrogens is 376 g/mol. The molecule has 0 aliphatic carbocycles. The van der Waals surface area contributed by atoms with Crippen LogP contribution in [0.4, 0.5) is 0 Å². The first-order valence-electron chi connectivity index (χ1n) is 9.53. The zero-order valence-corrected chi connectivity index (χ0v) is 17.1.